The maximum absolute atomic E-state index is 8.71. The minimum atomic E-state index is 0.150. The van der Waals surface area contributed by atoms with E-state index in [0.29, 0.717) is 5.84 Å². The Hall–Kier alpha value is -7.44. The highest BCUT2D eigenvalue weighted by molar-refractivity contribution is 6.13. The molecular weight excluding hydrogens is 661 g/mol. The number of pyridine rings is 3. The van der Waals surface area contributed by atoms with E-state index in [2.05, 4.69) is 76.7 Å². The molecule has 8 rings (SSSR count). The molecule has 0 aliphatic heterocycles. The molecule has 0 spiro atoms. The molecule has 5 aromatic carbocycles. The molecule has 0 unspecified atom stereocenters. The number of aliphatic imine (C=N–C) groups is 2. The van der Waals surface area contributed by atoms with Crippen LogP contribution in [0.5, 0.6) is 0 Å². The molecule has 0 atom stereocenters. The Morgan fingerprint density at radius 2 is 0.981 bits per heavy atom. The molecule has 0 amide bonds. The Morgan fingerprint density at radius 1 is 0.426 bits per heavy atom. The van der Waals surface area contributed by atoms with Gasteiger partial charge in [0, 0.05) is 29.7 Å². The second kappa shape index (κ2) is 15.8. The maximum atomic E-state index is 8.71. The minimum Gasteiger partial charge on any atom is -0.282 e. The van der Waals surface area contributed by atoms with E-state index in [1.54, 1.807) is 12.4 Å². The Labute approximate surface area is 314 Å². The summed E-state index contributed by atoms with van der Waals surface area (Å²) in [5, 5.41) is 8.71. The van der Waals surface area contributed by atoms with Crippen LogP contribution in [0.4, 0.5) is 0 Å². The molecule has 0 radical (unpaired) electrons. The average Bonchev–Trinajstić information content (AvgIpc) is 3.26. The first-order valence-corrected chi connectivity index (χ1v) is 17.6. The lowest BCUT2D eigenvalue weighted by atomic mass is 9.98. The predicted octanol–water partition coefficient (Wildman–Crippen LogP) is 11.1. The third-order valence-corrected chi connectivity index (χ3v) is 8.95. The van der Waals surface area contributed by atoms with Gasteiger partial charge in [-0.1, -0.05) is 140 Å². The van der Waals surface area contributed by atoms with E-state index in [4.69, 9.17) is 20.4 Å². The second-order valence-electron chi connectivity index (χ2n) is 12.6. The molecule has 256 valence electrons. The van der Waals surface area contributed by atoms with E-state index in [9.17, 15) is 0 Å². The highest BCUT2D eigenvalue weighted by Crippen LogP contribution is 2.31. The van der Waals surface area contributed by atoms with Crippen molar-refractivity contribution in [2.75, 3.05) is 0 Å². The zero-order valence-corrected chi connectivity index (χ0v) is 29.3. The molecule has 0 bridgehead atoms. The van der Waals surface area contributed by atoms with Gasteiger partial charge >= 0.3 is 0 Å². The van der Waals surface area contributed by atoms with Crippen LogP contribution >= 0.6 is 0 Å². The van der Waals surface area contributed by atoms with Gasteiger partial charge in [0.1, 0.15) is 0 Å². The number of aromatic nitrogens is 3. The zero-order valence-electron chi connectivity index (χ0n) is 29.3. The second-order valence-corrected chi connectivity index (χ2v) is 12.6. The number of hydrogen-bond donors (Lipinski definition) is 1. The van der Waals surface area contributed by atoms with Gasteiger partial charge in [-0.05, 0) is 81.4 Å². The van der Waals surface area contributed by atoms with Crippen molar-refractivity contribution in [1.82, 2.24) is 15.0 Å². The number of rotatable bonds is 8. The number of amidine groups is 2. The number of benzene rings is 5. The van der Waals surface area contributed by atoms with Gasteiger partial charge in [-0.3, -0.25) is 15.4 Å². The van der Waals surface area contributed by atoms with E-state index in [-0.39, 0.29) is 5.84 Å². The van der Waals surface area contributed by atoms with Gasteiger partial charge < -0.3 is 0 Å². The fourth-order valence-corrected chi connectivity index (χ4v) is 6.16. The number of nitrogens with zero attached hydrogens (tertiary/aromatic N) is 5. The van der Waals surface area contributed by atoms with E-state index in [0.717, 1.165) is 72.8 Å². The topological polar surface area (TPSA) is 87.2 Å². The summed E-state index contributed by atoms with van der Waals surface area (Å²) in [6, 6.07) is 60.5. The molecule has 0 aliphatic carbocycles. The smallest absolute Gasteiger partial charge is 0.161 e. The largest absolute Gasteiger partial charge is 0.282 e. The summed E-state index contributed by atoms with van der Waals surface area (Å²) in [4.78, 5) is 23.8. The van der Waals surface area contributed by atoms with Gasteiger partial charge in [0.25, 0.3) is 0 Å². The first-order valence-electron chi connectivity index (χ1n) is 17.6. The Morgan fingerprint density at radius 3 is 1.69 bits per heavy atom. The van der Waals surface area contributed by atoms with Crippen molar-refractivity contribution < 1.29 is 0 Å². The highest BCUT2D eigenvalue weighted by atomic mass is 14.9. The zero-order chi connectivity index (χ0) is 36.5. The van der Waals surface area contributed by atoms with Crippen molar-refractivity contribution in [3.8, 4) is 56.2 Å². The summed E-state index contributed by atoms with van der Waals surface area (Å²) < 4.78 is 0. The Bertz CT molecular complexity index is 2530. The molecular formula is C48H34N6. The van der Waals surface area contributed by atoms with E-state index < -0.39 is 0 Å². The van der Waals surface area contributed by atoms with Crippen LogP contribution in [-0.4, -0.2) is 32.8 Å². The number of nitrogens with one attached hydrogen (secondary N) is 1. The molecule has 8 aromatic rings. The monoisotopic (exact) mass is 694 g/mol. The summed E-state index contributed by atoms with van der Waals surface area (Å²) in [5.41, 5.74) is 12.0. The Balaban J connectivity index is 1.10. The predicted molar refractivity (Wildman–Crippen MR) is 221 cm³/mol. The van der Waals surface area contributed by atoms with E-state index >= 15 is 0 Å². The van der Waals surface area contributed by atoms with Gasteiger partial charge in [-0.2, -0.15) is 0 Å². The van der Waals surface area contributed by atoms with Crippen LogP contribution in [0, 0.1) is 5.41 Å². The average molecular weight is 695 g/mol. The third kappa shape index (κ3) is 7.88. The van der Waals surface area contributed by atoms with Crippen LogP contribution in [0.25, 0.3) is 56.2 Å². The lowest BCUT2D eigenvalue weighted by Gasteiger charge is -2.11. The molecule has 0 saturated carbocycles. The van der Waals surface area contributed by atoms with Gasteiger partial charge in [0.15, 0.2) is 11.7 Å². The first kappa shape index (κ1) is 33.7. The fraction of sp³-hybridized carbons (Fsp3) is 0. The maximum Gasteiger partial charge on any atom is 0.161 e. The van der Waals surface area contributed by atoms with Gasteiger partial charge in [0.2, 0.25) is 0 Å². The van der Waals surface area contributed by atoms with Crippen LogP contribution in [0.1, 0.15) is 16.7 Å². The van der Waals surface area contributed by atoms with Crippen molar-refractivity contribution >= 4 is 17.9 Å². The van der Waals surface area contributed by atoms with Crippen molar-refractivity contribution in [2.24, 2.45) is 9.98 Å². The SMILES string of the molecule is N=C(N=C(N=Cc1ccccc1)c1cccc(-c2ccc(-c3ccnc(-c4cc(-c5ccccc5)cc(-c5ccccn5)n4)c3)cc2)c1)c1ccccc1. The summed E-state index contributed by atoms with van der Waals surface area (Å²) in [7, 11) is 0. The summed E-state index contributed by atoms with van der Waals surface area (Å²) in [6.45, 7) is 0. The molecule has 0 saturated heterocycles. The summed E-state index contributed by atoms with van der Waals surface area (Å²) >= 11 is 0. The van der Waals surface area contributed by atoms with Crippen LogP contribution in [0.2, 0.25) is 0 Å². The van der Waals surface area contributed by atoms with Gasteiger partial charge in [-0.15, -0.1) is 0 Å². The molecule has 6 heteroatoms. The number of hydrogen-bond acceptors (Lipinski definition) is 4. The van der Waals surface area contributed by atoms with E-state index in [1.165, 1.54) is 0 Å². The Kier molecular flexibility index (Phi) is 9.89. The van der Waals surface area contributed by atoms with E-state index in [1.807, 2.05) is 121 Å². The van der Waals surface area contributed by atoms with Crippen molar-refractivity contribution in [1.29, 1.82) is 5.41 Å². The lowest BCUT2D eigenvalue weighted by molar-refractivity contribution is 1.22. The molecule has 3 heterocycles. The highest BCUT2D eigenvalue weighted by Gasteiger charge is 2.13. The van der Waals surface area contributed by atoms with Crippen molar-refractivity contribution in [3.63, 3.8) is 0 Å². The summed E-state index contributed by atoms with van der Waals surface area (Å²) in [6.07, 6.45) is 5.41. The van der Waals surface area contributed by atoms with Crippen LogP contribution in [0.15, 0.2) is 204 Å². The third-order valence-electron chi connectivity index (χ3n) is 8.95. The molecule has 0 aliphatic rings. The normalized spacial score (nSPS) is 11.4. The molecule has 54 heavy (non-hydrogen) atoms. The molecule has 3 aromatic heterocycles. The van der Waals surface area contributed by atoms with Gasteiger partial charge in [-0.25, -0.2) is 15.0 Å². The summed E-state index contributed by atoms with van der Waals surface area (Å²) in [5.74, 6) is 0.615. The molecule has 1 N–H and O–H groups in total. The lowest BCUT2D eigenvalue weighted by Crippen LogP contribution is -2.05. The van der Waals surface area contributed by atoms with Crippen LogP contribution < -0.4 is 0 Å². The van der Waals surface area contributed by atoms with Crippen molar-refractivity contribution in [3.05, 3.63) is 211 Å². The van der Waals surface area contributed by atoms with Gasteiger partial charge in [0.05, 0.1) is 22.8 Å². The van der Waals surface area contributed by atoms with Crippen LogP contribution in [-0.2, 0) is 0 Å². The van der Waals surface area contributed by atoms with Crippen LogP contribution in [0.3, 0.4) is 0 Å². The fourth-order valence-electron chi connectivity index (χ4n) is 6.16. The minimum absolute atomic E-state index is 0.150. The quantitative estimate of drug-likeness (QED) is 0.127. The molecule has 6 nitrogen and oxygen atoms in total. The standard InChI is InChI=1S/C48H34N6/c49-47(38-17-8-3-9-18-38)54-48(52-33-34-13-4-1-5-14-34)41-20-12-19-39(29-41)36-22-24-37(25-23-36)40-26-28-51-44(30-40)46-32-42(35-15-6-2-7-16-35)31-45(53-46)43-21-10-11-27-50-43/h1-33,49H. The first-order chi connectivity index (χ1) is 26.7. The van der Waals surface area contributed by atoms with Crippen molar-refractivity contribution in [2.45, 2.75) is 0 Å². The molecule has 0 fully saturated rings.